The number of amides is 3. The van der Waals surface area contributed by atoms with Crippen LogP contribution in [0.25, 0.3) is 33.6 Å². The molecule has 51 heavy (non-hydrogen) atoms. The van der Waals surface area contributed by atoms with Crippen molar-refractivity contribution in [2.24, 2.45) is 0 Å². The van der Waals surface area contributed by atoms with Crippen molar-refractivity contribution in [3.8, 4) is 33.6 Å². The average molecular weight is 696 g/mol. The molecule has 0 unspecified atom stereocenters. The van der Waals surface area contributed by atoms with Crippen molar-refractivity contribution in [3.05, 3.63) is 108 Å². The van der Waals surface area contributed by atoms with Gasteiger partial charge < -0.3 is 30.0 Å². The number of imidazole rings is 2. The van der Waals surface area contributed by atoms with Gasteiger partial charge in [0.2, 0.25) is 0 Å². The minimum atomic E-state index is -1.02. The van der Waals surface area contributed by atoms with Gasteiger partial charge in [0.1, 0.15) is 29.3 Å². The van der Waals surface area contributed by atoms with Crippen LogP contribution >= 0.6 is 0 Å². The van der Waals surface area contributed by atoms with E-state index in [1.165, 1.54) is 36.5 Å². The van der Waals surface area contributed by atoms with Crippen molar-refractivity contribution in [1.29, 1.82) is 0 Å². The van der Waals surface area contributed by atoms with E-state index in [1.807, 2.05) is 6.07 Å². The molecule has 5 aromatic rings. The van der Waals surface area contributed by atoms with Gasteiger partial charge in [-0.2, -0.15) is 0 Å². The number of hydrogen-bond donors (Lipinski definition) is 4. The summed E-state index contributed by atoms with van der Waals surface area (Å²) in [5.41, 5.74) is 2.89. The van der Waals surface area contributed by atoms with E-state index in [9.17, 15) is 19.5 Å². The van der Waals surface area contributed by atoms with E-state index >= 15 is 8.78 Å². The number of H-pyrrole nitrogens is 2. The van der Waals surface area contributed by atoms with E-state index in [0.29, 0.717) is 65.7 Å². The molecule has 0 spiro atoms. The molecule has 2 aliphatic rings. The first-order valence-electron chi connectivity index (χ1n) is 16.6. The molecule has 2 saturated heterocycles. The van der Waals surface area contributed by atoms with Crippen LogP contribution in [0.4, 0.5) is 18.4 Å². The van der Waals surface area contributed by atoms with Gasteiger partial charge in [0, 0.05) is 24.2 Å². The molecule has 0 bridgehead atoms. The standard InChI is InChI=1S/C37H35F2N7O5/c1-51-36(48)44-32(21-7-3-2-4-8-21)35(47)45-15-5-9-30(45)33-40-19-28(42-33)24-13-11-22(17-26(24)38)23-12-14-25(27(39)18-23)29-20-41-34(43-29)31-10-6-16-46(31)37(49)50/h2-4,7-8,11-14,17-20,30-32H,5-6,9-10,15-16H2,1H3,(H,40,42)(H,41,43)(H,44,48)(H,49,50)/t30-,31-,32+/m0/s1. The van der Waals surface area contributed by atoms with E-state index in [0.717, 1.165) is 12.8 Å². The van der Waals surface area contributed by atoms with E-state index in [-0.39, 0.29) is 17.0 Å². The maximum atomic E-state index is 15.6. The molecule has 3 amide bonds. The van der Waals surface area contributed by atoms with Crippen LogP contribution in [0.5, 0.6) is 0 Å². The fraction of sp³-hybridized carbons (Fsp3) is 0.270. The minimum Gasteiger partial charge on any atom is -0.465 e. The molecule has 12 nitrogen and oxygen atoms in total. The number of nitrogens with one attached hydrogen (secondary N) is 3. The number of hydrogen-bond acceptors (Lipinski definition) is 6. The fourth-order valence-electron chi connectivity index (χ4n) is 6.98. The number of likely N-dealkylation sites (tertiary alicyclic amines) is 2. The molecule has 4 heterocycles. The number of nitrogens with zero attached hydrogens (tertiary/aromatic N) is 4. The molecule has 262 valence electrons. The van der Waals surface area contributed by atoms with E-state index in [2.05, 4.69) is 25.3 Å². The maximum Gasteiger partial charge on any atom is 0.407 e. The molecule has 3 atom stereocenters. The summed E-state index contributed by atoms with van der Waals surface area (Å²) in [6.45, 7) is 0.874. The Morgan fingerprint density at radius 3 is 1.86 bits per heavy atom. The Bertz CT molecular complexity index is 2080. The third-order valence-electron chi connectivity index (χ3n) is 9.54. The maximum absolute atomic E-state index is 15.6. The highest BCUT2D eigenvalue weighted by molar-refractivity contribution is 5.87. The number of benzene rings is 3. The smallest absolute Gasteiger partial charge is 0.407 e. The summed E-state index contributed by atoms with van der Waals surface area (Å²) in [6.07, 6.45) is 3.95. The number of aromatic nitrogens is 4. The van der Waals surface area contributed by atoms with E-state index in [4.69, 9.17) is 4.74 Å². The normalized spacial score (nSPS) is 17.8. The molecule has 0 saturated carbocycles. The molecular formula is C37H35F2N7O5. The van der Waals surface area contributed by atoms with Crippen LogP contribution in [-0.4, -0.2) is 73.1 Å². The van der Waals surface area contributed by atoms with Crippen LogP contribution in [0, 0.1) is 11.6 Å². The first-order chi connectivity index (χ1) is 24.7. The average Bonchev–Trinajstić information content (AvgIpc) is 3.97. The number of alkyl carbamates (subject to hydrolysis) is 1. The zero-order valence-corrected chi connectivity index (χ0v) is 27.6. The third kappa shape index (κ3) is 6.64. The van der Waals surface area contributed by atoms with Crippen molar-refractivity contribution in [1.82, 2.24) is 35.1 Å². The van der Waals surface area contributed by atoms with Gasteiger partial charge in [-0.1, -0.05) is 42.5 Å². The molecule has 0 aliphatic carbocycles. The quantitative estimate of drug-likeness (QED) is 0.136. The second-order valence-electron chi connectivity index (χ2n) is 12.6. The second-order valence-corrected chi connectivity index (χ2v) is 12.6. The topological polar surface area (TPSA) is 157 Å². The predicted octanol–water partition coefficient (Wildman–Crippen LogP) is 6.99. The number of carbonyl (C=O) groups is 3. The first kappa shape index (κ1) is 33.4. The Balaban J connectivity index is 1.08. The van der Waals surface area contributed by atoms with Crippen LogP contribution in [0.3, 0.4) is 0 Å². The fourth-order valence-corrected chi connectivity index (χ4v) is 6.98. The summed E-state index contributed by atoms with van der Waals surface area (Å²) in [5, 5.41) is 12.1. The lowest BCUT2D eigenvalue weighted by Crippen LogP contribution is -2.42. The van der Waals surface area contributed by atoms with Crippen molar-refractivity contribution < 1.29 is 33.0 Å². The summed E-state index contributed by atoms with van der Waals surface area (Å²) >= 11 is 0. The molecule has 2 aliphatic heterocycles. The number of ether oxygens (including phenoxy) is 1. The summed E-state index contributed by atoms with van der Waals surface area (Å²) in [5.74, 6) is -0.443. The van der Waals surface area contributed by atoms with Gasteiger partial charge in [0.15, 0.2) is 0 Å². The zero-order valence-electron chi connectivity index (χ0n) is 27.6. The van der Waals surface area contributed by atoms with Gasteiger partial charge in [0.25, 0.3) is 5.91 Å². The molecule has 3 aromatic carbocycles. The molecule has 2 fully saturated rings. The van der Waals surface area contributed by atoms with Gasteiger partial charge >= 0.3 is 12.2 Å². The molecule has 4 N–H and O–H groups in total. The highest BCUT2D eigenvalue weighted by atomic mass is 19.1. The van der Waals surface area contributed by atoms with E-state index < -0.39 is 41.9 Å². The van der Waals surface area contributed by atoms with Crippen molar-refractivity contribution in [2.45, 2.75) is 43.8 Å². The van der Waals surface area contributed by atoms with Crippen molar-refractivity contribution >= 4 is 18.1 Å². The van der Waals surface area contributed by atoms with Gasteiger partial charge in [-0.3, -0.25) is 9.69 Å². The van der Waals surface area contributed by atoms with Crippen molar-refractivity contribution in [2.75, 3.05) is 20.2 Å². The Hall–Kier alpha value is -6.05. The summed E-state index contributed by atoms with van der Waals surface area (Å²) in [7, 11) is 1.23. The van der Waals surface area contributed by atoms with Crippen LogP contribution in [-0.2, 0) is 9.53 Å². The second kappa shape index (κ2) is 14.1. The largest absolute Gasteiger partial charge is 0.465 e. The monoisotopic (exact) mass is 695 g/mol. The lowest BCUT2D eigenvalue weighted by Gasteiger charge is -2.28. The van der Waals surface area contributed by atoms with Gasteiger partial charge in [0.05, 0.1) is 43.0 Å². The first-order valence-corrected chi connectivity index (χ1v) is 16.6. The lowest BCUT2D eigenvalue weighted by molar-refractivity contribution is -0.134. The van der Waals surface area contributed by atoms with Crippen LogP contribution < -0.4 is 5.32 Å². The molecule has 2 aromatic heterocycles. The van der Waals surface area contributed by atoms with Gasteiger partial charge in [-0.15, -0.1) is 0 Å². The zero-order chi connectivity index (χ0) is 35.6. The Labute approximate surface area is 291 Å². The number of carbonyl (C=O) groups excluding carboxylic acids is 2. The van der Waals surface area contributed by atoms with Crippen LogP contribution in [0.1, 0.15) is 61.0 Å². The molecule has 0 radical (unpaired) electrons. The number of aromatic amines is 2. The summed E-state index contributed by atoms with van der Waals surface area (Å²) < 4.78 is 35.8. The van der Waals surface area contributed by atoms with Gasteiger partial charge in [-0.25, -0.2) is 28.3 Å². The predicted molar refractivity (Wildman–Crippen MR) is 182 cm³/mol. The van der Waals surface area contributed by atoms with Crippen molar-refractivity contribution in [3.63, 3.8) is 0 Å². The summed E-state index contributed by atoms with van der Waals surface area (Å²) in [4.78, 5) is 55.6. The van der Waals surface area contributed by atoms with Crippen LogP contribution in [0.2, 0.25) is 0 Å². The third-order valence-corrected chi connectivity index (χ3v) is 9.54. The molecule has 14 heteroatoms. The molecular weight excluding hydrogens is 660 g/mol. The molecule has 7 rings (SSSR count). The number of rotatable bonds is 8. The number of halogens is 2. The highest BCUT2D eigenvalue weighted by Crippen LogP contribution is 2.36. The number of carboxylic acid groups (broad SMARTS) is 1. The number of methoxy groups -OCH3 is 1. The summed E-state index contributed by atoms with van der Waals surface area (Å²) in [6, 6.07) is 16.3. The Morgan fingerprint density at radius 2 is 1.35 bits per heavy atom. The van der Waals surface area contributed by atoms with Gasteiger partial charge in [-0.05, 0) is 66.6 Å². The Kier molecular flexibility index (Phi) is 9.22. The van der Waals surface area contributed by atoms with Crippen LogP contribution in [0.15, 0.2) is 79.1 Å². The van der Waals surface area contributed by atoms with E-state index in [1.54, 1.807) is 53.4 Å². The Morgan fingerprint density at radius 1 is 0.824 bits per heavy atom. The SMILES string of the molecule is COC(=O)N[C@@H](C(=O)N1CCC[C@H]1c1ncc(-c2ccc(-c3ccc(-c4cnc([C@@H]5CCCN5C(=O)O)[nH]4)c(F)c3)cc2F)[nH]1)c1ccccc1. The highest BCUT2D eigenvalue weighted by Gasteiger charge is 2.37. The lowest BCUT2D eigenvalue weighted by atomic mass is 10.00. The minimum absolute atomic E-state index is 0.257.